The van der Waals surface area contributed by atoms with Gasteiger partial charge in [0.05, 0.1) is 12.3 Å². The second-order valence-electron chi connectivity index (χ2n) is 5.81. The first-order chi connectivity index (χ1) is 10.3. The van der Waals surface area contributed by atoms with Gasteiger partial charge in [-0.15, -0.1) is 0 Å². The molecule has 0 spiro atoms. The Labute approximate surface area is 133 Å². The molecule has 0 radical (unpaired) electrons. The van der Waals surface area contributed by atoms with Crippen LogP contribution in [0.15, 0.2) is 33.9 Å². The topological polar surface area (TPSA) is 84.2 Å². The SMILES string of the molecule is CC(C)(C)NC(=O)CNC(=O)CSc1nc2ccccc2o1. The Bertz CT molecular complexity index is 643. The zero-order valence-electron chi connectivity index (χ0n) is 12.8. The van der Waals surface area contributed by atoms with E-state index in [0.717, 1.165) is 5.52 Å². The summed E-state index contributed by atoms with van der Waals surface area (Å²) in [4.78, 5) is 27.6. The molecule has 118 valence electrons. The number of oxazole rings is 1. The monoisotopic (exact) mass is 321 g/mol. The van der Waals surface area contributed by atoms with Crippen molar-refractivity contribution in [1.82, 2.24) is 15.6 Å². The first-order valence-electron chi connectivity index (χ1n) is 6.89. The van der Waals surface area contributed by atoms with E-state index < -0.39 is 0 Å². The second kappa shape index (κ2) is 6.83. The number of aromatic nitrogens is 1. The molecular weight excluding hydrogens is 302 g/mol. The molecule has 22 heavy (non-hydrogen) atoms. The average molecular weight is 321 g/mol. The van der Waals surface area contributed by atoms with Crippen LogP contribution >= 0.6 is 11.8 Å². The molecule has 0 aliphatic heterocycles. The molecule has 1 aromatic heterocycles. The lowest BCUT2D eigenvalue weighted by Gasteiger charge is -2.20. The van der Waals surface area contributed by atoms with Crippen LogP contribution in [0.2, 0.25) is 0 Å². The van der Waals surface area contributed by atoms with E-state index in [1.54, 1.807) is 0 Å². The van der Waals surface area contributed by atoms with Crippen molar-refractivity contribution >= 4 is 34.7 Å². The number of rotatable bonds is 5. The van der Waals surface area contributed by atoms with Crippen LogP contribution in [-0.4, -0.2) is 34.6 Å². The zero-order chi connectivity index (χ0) is 16.2. The van der Waals surface area contributed by atoms with Crippen molar-refractivity contribution in [3.05, 3.63) is 24.3 Å². The van der Waals surface area contributed by atoms with Gasteiger partial charge in [0.15, 0.2) is 5.58 Å². The summed E-state index contributed by atoms with van der Waals surface area (Å²) < 4.78 is 5.50. The smallest absolute Gasteiger partial charge is 0.257 e. The lowest BCUT2D eigenvalue weighted by atomic mass is 10.1. The van der Waals surface area contributed by atoms with Crippen molar-refractivity contribution in [2.24, 2.45) is 0 Å². The number of amides is 2. The van der Waals surface area contributed by atoms with Crippen LogP contribution in [0, 0.1) is 0 Å². The summed E-state index contributed by atoms with van der Waals surface area (Å²) in [6, 6.07) is 7.41. The number of carbonyl (C=O) groups excluding carboxylic acids is 2. The highest BCUT2D eigenvalue weighted by Crippen LogP contribution is 2.22. The van der Waals surface area contributed by atoms with Crippen LogP contribution in [-0.2, 0) is 9.59 Å². The van der Waals surface area contributed by atoms with Crippen LogP contribution in [0.5, 0.6) is 0 Å². The summed E-state index contributed by atoms with van der Waals surface area (Å²) in [5.41, 5.74) is 1.14. The summed E-state index contributed by atoms with van der Waals surface area (Å²) in [6.07, 6.45) is 0. The second-order valence-corrected chi connectivity index (χ2v) is 6.74. The predicted octanol–water partition coefficient (Wildman–Crippen LogP) is 1.95. The Hall–Kier alpha value is -2.02. The molecule has 7 heteroatoms. The minimum atomic E-state index is -0.311. The van der Waals surface area contributed by atoms with E-state index in [9.17, 15) is 9.59 Å². The first-order valence-corrected chi connectivity index (χ1v) is 7.88. The molecule has 0 saturated heterocycles. The van der Waals surface area contributed by atoms with Crippen molar-refractivity contribution in [1.29, 1.82) is 0 Å². The molecule has 0 unspecified atom stereocenters. The maximum absolute atomic E-state index is 11.7. The number of benzene rings is 1. The summed E-state index contributed by atoms with van der Waals surface area (Å²) >= 11 is 1.20. The number of para-hydroxylation sites is 2. The van der Waals surface area contributed by atoms with Gasteiger partial charge in [-0.3, -0.25) is 9.59 Å². The Morgan fingerprint density at radius 2 is 1.95 bits per heavy atom. The van der Waals surface area contributed by atoms with Gasteiger partial charge in [-0.25, -0.2) is 4.98 Å². The highest BCUT2D eigenvalue weighted by Gasteiger charge is 2.14. The van der Waals surface area contributed by atoms with E-state index in [1.165, 1.54) is 11.8 Å². The molecule has 0 aliphatic rings. The highest BCUT2D eigenvalue weighted by molar-refractivity contribution is 7.99. The number of nitrogens with zero attached hydrogens (tertiary/aromatic N) is 1. The number of nitrogens with one attached hydrogen (secondary N) is 2. The van der Waals surface area contributed by atoms with Gasteiger partial charge in [-0.05, 0) is 32.9 Å². The van der Waals surface area contributed by atoms with Crippen molar-refractivity contribution in [2.75, 3.05) is 12.3 Å². The van der Waals surface area contributed by atoms with Crippen LogP contribution in [0.3, 0.4) is 0 Å². The average Bonchev–Trinajstić information content (AvgIpc) is 2.84. The molecule has 0 atom stereocenters. The largest absolute Gasteiger partial charge is 0.431 e. The van der Waals surface area contributed by atoms with Gasteiger partial charge in [-0.2, -0.15) is 0 Å². The number of carbonyl (C=O) groups is 2. The molecule has 0 aliphatic carbocycles. The van der Waals surface area contributed by atoms with E-state index in [-0.39, 0.29) is 29.7 Å². The first kappa shape index (κ1) is 16.4. The summed E-state index contributed by atoms with van der Waals surface area (Å²) in [6.45, 7) is 5.62. The maximum atomic E-state index is 11.7. The number of fused-ring (bicyclic) bond motifs is 1. The van der Waals surface area contributed by atoms with E-state index in [4.69, 9.17) is 4.42 Å². The van der Waals surface area contributed by atoms with E-state index in [0.29, 0.717) is 10.8 Å². The van der Waals surface area contributed by atoms with Gasteiger partial charge in [0, 0.05) is 5.54 Å². The van der Waals surface area contributed by atoms with Crippen molar-refractivity contribution in [2.45, 2.75) is 31.5 Å². The van der Waals surface area contributed by atoms with Crippen molar-refractivity contribution in [3.63, 3.8) is 0 Å². The quantitative estimate of drug-likeness (QED) is 0.822. The zero-order valence-corrected chi connectivity index (χ0v) is 13.6. The van der Waals surface area contributed by atoms with Gasteiger partial charge < -0.3 is 15.1 Å². The van der Waals surface area contributed by atoms with E-state index in [1.807, 2.05) is 45.0 Å². The van der Waals surface area contributed by atoms with Gasteiger partial charge in [0.2, 0.25) is 11.8 Å². The van der Waals surface area contributed by atoms with Gasteiger partial charge in [0.1, 0.15) is 5.52 Å². The summed E-state index contributed by atoms with van der Waals surface area (Å²) in [5.74, 6) is -0.306. The molecule has 0 saturated carbocycles. The Balaban J connectivity index is 1.77. The van der Waals surface area contributed by atoms with Crippen LogP contribution in [0.25, 0.3) is 11.1 Å². The molecule has 2 rings (SSSR count). The third-order valence-electron chi connectivity index (χ3n) is 2.56. The van der Waals surface area contributed by atoms with Crippen LogP contribution in [0.4, 0.5) is 0 Å². The molecule has 1 aromatic carbocycles. The molecule has 2 aromatic rings. The third kappa shape index (κ3) is 5.07. The van der Waals surface area contributed by atoms with E-state index >= 15 is 0 Å². The molecule has 0 bridgehead atoms. The fraction of sp³-hybridized carbons (Fsp3) is 0.400. The Morgan fingerprint density at radius 3 is 2.64 bits per heavy atom. The van der Waals surface area contributed by atoms with Crippen LogP contribution < -0.4 is 10.6 Å². The minimum absolute atomic E-state index is 0.0375. The van der Waals surface area contributed by atoms with Gasteiger partial charge >= 0.3 is 0 Å². The maximum Gasteiger partial charge on any atom is 0.257 e. The molecule has 2 N–H and O–H groups in total. The van der Waals surface area contributed by atoms with Crippen molar-refractivity contribution in [3.8, 4) is 0 Å². The Morgan fingerprint density at radius 1 is 1.23 bits per heavy atom. The number of hydrogen-bond acceptors (Lipinski definition) is 5. The molecule has 6 nitrogen and oxygen atoms in total. The fourth-order valence-electron chi connectivity index (χ4n) is 1.73. The third-order valence-corrected chi connectivity index (χ3v) is 3.39. The molecule has 0 fully saturated rings. The highest BCUT2D eigenvalue weighted by atomic mass is 32.2. The molecule has 2 amide bonds. The minimum Gasteiger partial charge on any atom is -0.431 e. The normalized spacial score (nSPS) is 11.4. The Kier molecular flexibility index (Phi) is 5.07. The molecule has 1 heterocycles. The number of hydrogen-bond donors (Lipinski definition) is 2. The lowest BCUT2D eigenvalue weighted by Crippen LogP contribution is -2.46. The standard InChI is InChI=1S/C15H19N3O3S/c1-15(2,3)18-12(19)8-16-13(20)9-22-14-17-10-6-4-5-7-11(10)21-14/h4-7H,8-9H2,1-3H3,(H,16,20)(H,18,19). The molecular formula is C15H19N3O3S. The lowest BCUT2D eigenvalue weighted by molar-refractivity contribution is -0.125. The van der Waals surface area contributed by atoms with Gasteiger partial charge in [0.25, 0.3) is 5.22 Å². The predicted molar refractivity (Wildman–Crippen MR) is 85.6 cm³/mol. The summed E-state index contributed by atoms with van der Waals surface area (Å²) in [7, 11) is 0. The van der Waals surface area contributed by atoms with E-state index in [2.05, 4.69) is 15.6 Å². The number of thioether (sulfide) groups is 1. The fourth-order valence-corrected chi connectivity index (χ4v) is 2.40. The van der Waals surface area contributed by atoms with Gasteiger partial charge in [-0.1, -0.05) is 23.9 Å². The van der Waals surface area contributed by atoms with Crippen LogP contribution in [0.1, 0.15) is 20.8 Å². The summed E-state index contributed by atoms with van der Waals surface area (Å²) in [5, 5.41) is 5.78. The van der Waals surface area contributed by atoms with Crippen molar-refractivity contribution < 1.29 is 14.0 Å².